The number of nitrogens with zero attached hydrogens (tertiary/aromatic N) is 2. The Bertz CT molecular complexity index is 1140. The van der Waals surface area contributed by atoms with Crippen molar-refractivity contribution in [3.63, 3.8) is 0 Å². The van der Waals surface area contributed by atoms with E-state index >= 15 is 0 Å². The van der Waals surface area contributed by atoms with Gasteiger partial charge in [0.2, 0.25) is 5.75 Å². The van der Waals surface area contributed by atoms with Crippen molar-refractivity contribution >= 4 is 12.2 Å². The topological polar surface area (TPSA) is 70.5 Å². The Hall–Kier alpha value is -2.84. The van der Waals surface area contributed by atoms with Gasteiger partial charge in [-0.3, -0.25) is 9.67 Å². The third-order valence-corrected chi connectivity index (χ3v) is 5.82. The van der Waals surface area contributed by atoms with E-state index in [1.54, 1.807) is 21.3 Å². The van der Waals surface area contributed by atoms with E-state index in [0.29, 0.717) is 34.5 Å². The van der Waals surface area contributed by atoms with Crippen molar-refractivity contribution in [2.75, 3.05) is 27.9 Å². The van der Waals surface area contributed by atoms with Crippen LogP contribution in [0.5, 0.6) is 17.2 Å². The SMILES string of the molecule is COc1cc2c(c(OC)c1OC)C(C)(c1n[nH]c(=S)n1-c1ccc(C)cc1)OCC2. The van der Waals surface area contributed by atoms with E-state index in [-0.39, 0.29) is 0 Å². The summed E-state index contributed by atoms with van der Waals surface area (Å²) in [5.41, 5.74) is 3.07. The molecule has 0 spiro atoms. The normalized spacial score (nSPS) is 18.0. The zero-order chi connectivity index (χ0) is 21.5. The maximum atomic E-state index is 6.37. The Morgan fingerprint density at radius 2 is 1.80 bits per heavy atom. The predicted octanol–water partition coefficient (Wildman–Crippen LogP) is 4.10. The smallest absolute Gasteiger partial charge is 0.203 e. The second-order valence-corrected chi connectivity index (χ2v) is 7.72. The molecule has 0 saturated carbocycles. The molecule has 1 aromatic heterocycles. The fourth-order valence-corrected chi connectivity index (χ4v) is 4.33. The van der Waals surface area contributed by atoms with Gasteiger partial charge in [0.1, 0.15) is 0 Å². The Morgan fingerprint density at radius 1 is 1.10 bits per heavy atom. The summed E-state index contributed by atoms with van der Waals surface area (Å²) >= 11 is 5.57. The molecule has 0 radical (unpaired) electrons. The number of ether oxygens (including phenoxy) is 4. The average molecular weight is 428 g/mol. The first-order valence-electron chi connectivity index (χ1n) is 9.65. The number of fused-ring (bicyclic) bond motifs is 1. The van der Waals surface area contributed by atoms with Crippen molar-refractivity contribution in [2.24, 2.45) is 0 Å². The molecule has 1 unspecified atom stereocenters. The largest absolute Gasteiger partial charge is 0.493 e. The summed E-state index contributed by atoms with van der Waals surface area (Å²) < 4.78 is 25.7. The van der Waals surface area contributed by atoms with Crippen molar-refractivity contribution in [2.45, 2.75) is 25.9 Å². The molecule has 4 rings (SSSR count). The first kappa shape index (κ1) is 20.4. The third kappa shape index (κ3) is 3.07. The van der Waals surface area contributed by atoms with Gasteiger partial charge in [-0.25, -0.2) is 0 Å². The van der Waals surface area contributed by atoms with E-state index in [4.69, 9.17) is 31.2 Å². The van der Waals surface area contributed by atoms with E-state index in [1.165, 1.54) is 5.56 Å². The van der Waals surface area contributed by atoms with Crippen LogP contribution in [0.4, 0.5) is 0 Å². The highest BCUT2D eigenvalue weighted by molar-refractivity contribution is 7.71. The lowest BCUT2D eigenvalue weighted by atomic mass is 9.85. The number of aromatic amines is 1. The zero-order valence-electron chi connectivity index (χ0n) is 17.7. The molecule has 0 fully saturated rings. The highest BCUT2D eigenvalue weighted by atomic mass is 32.1. The van der Waals surface area contributed by atoms with Gasteiger partial charge in [-0.1, -0.05) is 17.7 Å². The summed E-state index contributed by atoms with van der Waals surface area (Å²) in [4.78, 5) is 0. The van der Waals surface area contributed by atoms with Crippen LogP contribution < -0.4 is 14.2 Å². The minimum atomic E-state index is -0.920. The van der Waals surface area contributed by atoms with Crippen molar-refractivity contribution in [1.82, 2.24) is 14.8 Å². The Kier molecular flexibility index (Phi) is 5.29. The molecule has 1 aliphatic heterocycles. The van der Waals surface area contributed by atoms with Crippen molar-refractivity contribution in [1.29, 1.82) is 0 Å². The molecule has 158 valence electrons. The molecule has 1 aliphatic rings. The quantitative estimate of drug-likeness (QED) is 0.618. The van der Waals surface area contributed by atoms with Gasteiger partial charge in [-0.2, -0.15) is 5.10 Å². The number of aromatic nitrogens is 3. The molecule has 0 amide bonds. The van der Waals surface area contributed by atoms with Gasteiger partial charge in [0.25, 0.3) is 0 Å². The van der Waals surface area contributed by atoms with E-state index < -0.39 is 5.60 Å². The molecular formula is C22H25N3O4S. The Balaban J connectivity index is 2.00. The van der Waals surface area contributed by atoms with E-state index in [1.807, 2.05) is 48.7 Å². The van der Waals surface area contributed by atoms with Crippen molar-refractivity contribution < 1.29 is 18.9 Å². The molecule has 7 nitrogen and oxygen atoms in total. The standard InChI is InChI=1S/C22H25N3O4S/c1-13-6-8-15(9-7-13)25-20(23-24-21(25)30)22(2)17-14(10-11-29-22)12-16(26-3)18(27-4)19(17)28-5/h6-9,12H,10-11H2,1-5H3,(H,24,30). The second kappa shape index (κ2) is 7.77. The molecule has 3 aromatic rings. The van der Waals surface area contributed by atoms with Gasteiger partial charge in [-0.05, 0) is 56.2 Å². The molecule has 1 N–H and O–H groups in total. The van der Waals surface area contributed by atoms with Crippen LogP contribution in [0.25, 0.3) is 5.69 Å². The van der Waals surface area contributed by atoms with Crippen LogP contribution >= 0.6 is 12.2 Å². The fourth-order valence-electron chi connectivity index (χ4n) is 4.09. The predicted molar refractivity (Wildman–Crippen MR) is 116 cm³/mol. The second-order valence-electron chi connectivity index (χ2n) is 7.33. The van der Waals surface area contributed by atoms with Gasteiger partial charge < -0.3 is 18.9 Å². The molecule has 0 saturated heterocycles. The van der Waals surface area contributed by atoms with Crippen LogP contribution in [0.3, 0.4) is 0 Å². The van der Waals surface area contributed by atoms with Gasteiger partial charge in [0.05, 0.1) is 27.9 Å². The van der Waals surface area contributed by atoms with Crippen LogP contribution in [0.2, 0.25) is 0 Å². The number of rotatable bonds is 5. The number of hydrogen-bond donors (Lipinski definition) is 1. The van der Waals surface area contributed by atoms with E-state index in [0.717, 1.165) is 23.2 Å². The number of benzene rings is 2. The lowest BCUT2D eigenvalue weighted by Crippen LogP contribution is -2.37. The maximum absolute atomic E-state index is 6.37. The molecule has 2 aromatic carbocycles. The van der Waals surface area contributed by atoms with Gasteiger partial charge >= 0.3 is 0 Å². The van der Waals surface area contributed by atoms with Gasteiger partial charge in [-0.15, -0.1) is 0 Å². The molecule has 0 aliphatic carbocycles. The van der Waals surface area contributed by atoms with Crippen LogP contribution in [-0.2, 0) is 16.8 Å². The van der Waals surface area contributed by atoms with E-state index in [2.05, 4.69) is 10.2 Å². The number of hydrogen-bond acceptors (Lipinski definition) is 6. The highest BCUT2D eigenvalue weighted by Crippen LogP contribution is 2.50. The van der Waals surface area contributed by atoms with Crippen LogP contribution in [-0.4, -0.2) is 42.7 Å². The van der Waals surface area contributed by atoms with Crippen molar-refractivity contribution in [3.8, 4) is 22.9 Å². The summed E-state index contributed by atoms with van der Waals surface area (Å²) in [6, 6.07) is 10.1. The molecule has 30 heavy (non-hydrogen) atoms. The lowest BCUT2D eigenvalue weighted by molar-refractivity contribution is -0.0236. The zero-order valence-corrected chi connectivity index (χ0v) is 18.6. The lowest BCUT2D eigenvalue weighted by Gasteiger charge is -2.37. The van der Waals surface area contributed by atoms with Crippen LogP contribution in [0.1, 0.15) is 29.4 Å². The molecule has 1 atom stereocenters. The molecule has 2 heterocycles. The van der Waals surface area contributed by atoms with Crippen LogP contribution in [0.15, 0.2) is 30.3 Å². The Morgan fingerprint density at radius 3 is 2.43 bits per heavy atom. The first-order chi connectivity index (χ1) is 14.4. The van der Waals surface area contributed by atoms with Crippen molar-refractivity contribution in [3.05, 3.63) is 57.6 Å². The average Bonchev–Trinajstić information content (AvgIpc) is 3.15. The van der Waals surface area contributed by atoms with Gasteiger partial charge in [0.15, 0.2) is 27.7 Å². The highest BCUT2D eigenvalue weighted by Gasteiger charge is 2.44. The summed E-state index contributed by atoms with van der Waals surface area (Å²) in [6.45, 7) is 4.55. The Labute approximate surface area is 180 Å². The summed E-state index contributed by atoms with van der Waals surface area (Å²) in [6.07, 6.45) is 0.720. The summed E-state index contributed by atoms with van der Waals surface area (Å²) in [7, 11) is 4.82. The van der Waals surface area contributed by atoms with Gasteiger partial charge in [0, 0.05) is 11.3 Å². The van der Waals surface area contributed by atoms with Crippen LogP contribution in [0, 0.1) is 11.7 Å². The number of methoxy groups -OCH3 is 3. The third-order valence-electron chi connectivity index (χ3n) is 5.54. The minimum Gasteiger partial charge on any atom is -0.493 e. The minimum absolute atomic E-state index is 0.491. The number of aryl methyl sites for hydroxylation is 1. The maximum Gasteiger partial charge on any atom is 0.203 e. The first-order valence-corrected chi connectivity index (χ1v) is 10.1. The molecular weight excluding hydrogens is 402 g/mol. The number of nitrogens with one attached hydrogen (secondary N) is 1. The summed E-state index contributed by atoms with van der Waals surface area (Å²) in [5, 5.41) is 7.51. The molecule has 0 bridgehead atoms. The summed E-state index contributed by atoms with van der Waals surface area (Å²) in [5.74, 6) is 2.35. The van der Waals surface area contributed by atoms with E-state index in [9.17, 15) is 0 Å². The monoisotopic (exact) mass is 427 g/mol. The fraction of sp³-hybridized carbons (Fsp3) is 0.364. The molecule has 8 heteroatoms. The number of H-pyrrole nitrogens is 1.